The fourth-order valence-corrected chi connectivity index (χ4v) is 4.13. The van der Waals surface area contributed by atoms with Gasteiger partial charge in [0.1, 0.15) is 5.75 Å². The zero-order valence-electron chi connectivity index (χ0n) is 16.1. The molecule has 150 valence electrons. The molecule has 28 heavy (non-hydrogen) atoms. The number of rotatable bonds is 6. The van der Waals surface area contributed by atoms with Gasteiger partial charge in [-0.2, -0.15) is 0 Å². The van der Waals surface area contributed by atoms with Crippen LogP contribution in [-0.2, 0) is 14.8 Å². The number of sulfonamides is 1. The zero-order valence-corrected chi connectivity index (χ0v) is 16.9. The van der Waals surface area contributed by atoms with E-state index in [1.165, 1.54) is 12.1 Å². The van der Waals surface area contributed by atoms with Gasteiger partial charge in [-0.15, -0.1) is 0 Å². The highest BCUT2D eigenvalue weighted by molar-refractivity contribution is 7.89. The monoisotopic (exact) mass is 403 g/mol. The molecule has 3 rings (SSSR count). The Hall–Kier alpha value is -2.58. The number of benzene rings is 2. The summed E-state index contributed by atoms with van der Waals surface area (Å²) in [6.07, 6.45) is 0. The lowest BCUT2D eigenvalue weighted by molar-refractivity contribution is -0.130. The van der Waals surface area contributed by atoms with Gasteiger partial charge in [0.2, 0.25) is 15.9 Å². The summed E-state index contributed by atoms with van der Waals surface area (Å²) in [6.45, 7) is 4.03. The van der Waals surface area contributed by atoms with Gasteiger partial charge in [0.15, 0.2) is 0 Å². The van der Waals surface area contributed by atoms with Crippen LogP contribution >= 0.6 is 0 Å². The summed E-state index contributed by atoms with van der Waals surface area (Å²) >= 11 is 0. The Bertz CT molecular complexity index is 921. The summed E-state index contributed by atoms with van der Waals surface area (Å²) in [5.74, 6) is 0.573. The Morgan fingerprint density at radius 3 is 2.32 bits per heavy atom. The third-order valence-corrected chi connectivity index (χ3v) is 6.22. The third-order valence-electron chi connectivity index (χ3n) is 4.80. The van der Waals surface area contributed by atoms with Crippen molar-refractivity contribution in [3.8, 4) is 5.75 Å². The molecule has 1 aliphatic heterocycles. The molecule has 1 amide bonds. The van der Waals surface area contributed by atoms with E-state index in [0.29, 0.717) is 26.2 Å². The van der Waals surface area contributed by atoms with E-state index in [-0.39, 0.29) is 17.3 Å². The minimum atomic E-state index is -3.70. The van der Waals surface area contributed by atoms with Gasteiger partial charge in [0.25, 0.3) is 0 Å². The molecule has 8 heteroatoms. The molecule has 0 atom stereocenters. The first-order valence-electron chi connectivity index (χ1n) is 9.13. The van der Waals surface area contributed by atoms with Gasteiger partial charge >= 0.3 is 0 Å². The van der Waals surface area contributed by atoms with Crippen molar-refractivity contribution in [2.45, 2.75) is 11.8 Å². The van der Waals surface area contributed by atoms with Crippen molar-refractivity contribution in [3.05, 3.63) is 54.1 Å². The second-order valence-corrected chi connectivity index (χ2v) is 8.44. The number of hydrogen-bond donors (Lipinski definition) is 1. The molecule has 1 heterocycles. The highest BCUT2D eigenvalue weighted by atomic mass is 32.2. The fourth-order valence-electron chi connectivity index (χ4n) is 3.16. The topological polar surface area (TPSA) is 79.0 Å². The van der Waals surface area contributed by atoms with Crippen LogP contribution in [0.4, 0.5) is 5.69 Å². The van der Waals surface area contributed by atoms with E-state index in [1.54, 1.807) is 24.1 Å². The lowest BCUT2D eigenvalue weighted by atomic mass is 10.2. The molecular formula is C20H25N3O4S. The van der Waals surface area contributed by atoms with E-state index in [1.807, 2.05) is 31.2 Å². The number of carbonyl (C=O) groups is 1. The predicted molar refractivity (Wildman–Crippen MR) is 108 cm³/mol. The van der Waals surface area contributed by atoms with E-state index in [4.69, 9.17) is 4.74 Å². The van der Waals surface area contributed by atoms with Gasteiger partial charge in [-0.25, -0.2) is 13.1 Å². The second-order valence-electron chi connectivity index (χ2n) is 6.68. The number of hydrogen-bond acceptors (Lipinski definition) is 5. The minimum absolute atomic E-state index is 0.159. The SMILES string of the molecule is COc1ccccc1N1CCN(C(=O)CNS(=O)(=O)c2ccc(C)cc2)CC1. The van der Waals surface area contributed by atoms with Crippen LogP contribution in [0, 0.1) is 6.92 Å². The smallest absolute Gasteiger partial charge is 0.241 e. The Kier molecular flexibility index (Phi) is 6.21. The predicted octanol–water partition coefficient (Wildman–Crippen LogP) is 1.63. The van der Waals surface area contributed by atoms with Crippen LogP contribution in [0.15, 0.2) is 53.4 Å². The maximum Gasteiger partial charge on any atom is 0.241 e. The highest BCUT2D eigenvalue weighted by Crippen LogP contribution is 2.28. The van der Waals surface area contributed by atoms with E-state index < -0.39 is 10.0 Å². The number of carbonyl (C=O) groups excluding carboxylic acids is 1. The second kappa shape index (κ2) is 8.62. The van der Waals surface area contributed by atoms with Gasteiger partial charge in [0.05, 0.1) is 24.2 Å². The summed E-state index contributed by atoms with van der Waals surface area (Å²) < 4.78 is 32.5. The Morgan fingerprint density at radius 2 is 1.68 bits per heavy atom. The lowest BCUT2D eigenvalue weighted by Crippen LogP contribution is -2.51. The van der Waals surface area contributed by atoms with Crippen molar-refractivity contribution in [2.75, 3.05) is 44.7 Å². The molecule has 0 unspecified atom stereocenters. The molecular weight excluding hydrogens is 378 g/mol. The molecule has 0 radical (unpaired) electrons. The summed E-state index contributed by atoms with van der Waals surface area (Å²) in [5, 5.41) is 0. The Morgan fingerprint density at radius 1 is 1.04 bits per heavy atom. The van der Waals surface area contributed by atoms with Gasteiger partial charge in [-0.1, -0.05) is 29.8 Å². The Balaban J connectivity index is 1.55. The minimum Gasteiger partial charge on any atom is -0.495 e. The number of piperazine rings is 1. The number of para-hydroxylation sites is 2. The summed E-state index contributed by atoms with van der Waals surface area (Å²) in [6, 6.07) is 14.3. The summed E-state index contributed by atoms with van der Waals surface area (Å²) in [4.78, 5) is 16.5. The van der Waals surface area contributed by atoms with Gasteiger partial charge in [-0.05, 0) is 31.2 Å². The molecule has 7 nitrogen and oxygen atoms in total. The van der Waals surface area contributed by atoms with E-state index >= 15 is 0 Å². The van der Waals surface area contributed by atoms with Crippen LogP contribution < -0.4 is 14.4 Å². The largest absolute Gasteiger partial charge is 0.495 e. The van der Waals surface area contributed by atoms with Crippen molar-refractivity contribution in [1.82, 2.24) is 9.62 Å². The average Bonchev–Trinajstić information content (AvgIpc) is 2.72. The van der Waals surface area contributed by atoms with E-state index in [2.05, 4.69) is 9.62 Å². The molecule has 1 aliphatic rings. The molecule has 0 aromatic heterocycles. The van der Waals surface area contributed by atoms with E-state index in [0.717, 1.165) is 17.0 Å². The molecule has 1 fully saturated rings. The first-order chi connectivity index (χ1) is 13.4. The molecule has 0 spiro atoms. The van der Waals surface area contributed by atoms with Crippen molar-refractivity contribution >= 4 is 21.6 Å². The molecule has 0 saturated carbocycles. The van der Waals surface area contributed by atoms with Crippen molar-refractivity contribution in [2.24, 2.45) is 0 Å². The van der Waals surface area contributed by atoms with Crippen molar-refractivity contribution in [3.63, 3.8) is 0 Å². The van der Waals surface area contributed by atoms with Gasteiger partial charge < -0.3 is 14.5 Å². The normalized spacial score (nSPS) is 14.8. The number of methoxy groups -OCH3 is 1. The first kappa shape index (κ1) is 20.2. The number of amides is 1. The maximum atomic E-state index is 12.5. The van der Waals surface area contributed by atoms with E-state index in [9.17, 15) is 13.2 Å². The molecule has 1 saturated heterocycles. The van der Waals surface area contributed by atoms with Crippen LogP contribution in [0.25, 0.3) is 0 Å². The Labute approximate surface area is 166 Å². The van der Waals surface area contributed by atoms with Crippen LogP contribution in [-0.4, -0.2) is 59.1 Å². The van der Waals surface area contributed by atoms with Crippen molar-refractivity contribution < 1.29 is 17.9 Å². The summed E-state index contributed by atoms with van der Waals surface area (Å²) in [5.41, 5.74) is 1.97. The van der Waals surface area contributed by atoms with Crippen LogP contribution in [0.5, 0.6) is 5.75 Å². The zero-order chi connectivity index (χ0) is 20.1. The fraction of sp³-hybridized carbons (Fsp3) is 0.350. The van der Waals surface area contributed by atoms with Crippen LogP contribution in [0.1, 0.15) is 5.56 Å². The first-order valence-corrected chi connectivity index (χ1v) is 10.6. The number of aryl methyl sites for hydroxylation is 1. The molecule has 2 aromatic rings. The summed E-state index contributed by atoms with van der Waals surface area (Å²) in [7, 11) is -2.06. The molecule has 0 aliphatic carbocycles. The molecule has 1 N–H and O–H groups in total. The number of nitrogens with one attached hydrogen (secondary N) is 1. The van der Waals surface area contributed by atoms with Gasteiger partial charge in [0, 0.05) is 26.2 Å². The van der Waals surface area contributed by atoms with Crippen LogP contribution in [0.3, 0.4) is 0 Å². The number of anilines is 1. The van der Waals surface area contributed by atoms with Crippen molar-refractivity contribution in [1.29, 1.82) is 0 Å². The standard InChI is InChI=1S/C20H25N3O4S/c1-16-7-9-17(10-8-16)28(25,26)21-15-20(24)23-13-11-22(12-14-23)18-5-3-4-6-19(18)27-2/h3-10,21H,11-15H2,1-2H3. The van der Waals surface area contributed by atoms with Gasteiger partial charge in [-0.3, -0.25) is 4.79 Å². The third kappa shape index (κ3) is 4.63. The maximum absolute atomic E-state index is 12.5. The quantitative estimate of drug-likeness (QED) is 0.793. The highest BCUT2D eigenvalue weighted by Gasteiger charge is 2.24. The molecule has 0 bridgehead atoms. The average molecular weight is 404 g/mol. The lowest BCUT2D eigenvalue weighted by Gasteiger charge is -2.36. The number of nitrogens with zero attached hydrogens (tertiary/aromatic N) is 2. The molecule has 2 aromatic carbocycles. The van der Waals surface area contributed by atoms with Crippen LogP contribution in [0.2, 0.25) is 0 Å². The number of ether oxygens (including phenoxy) is 1.